The summed E-state index contributed by atoms with van der Waals surface area (Å²) in [6, 6.07) is 11.9. The molecular formula is C19H17F2NO2. The zero-order chi connectivity index (χ0) is 17.1. The highest BCUT2D eigenvalue weighted by atomic mass is 19.1. The van der Waals surface area contributed by atoms with Crippen molar-refractivity contribution in [3.63, 3.8) is 0 Å². The van der Waals surface area contributed by atoms with E-state index >= 15 is 0 Å². The molecule has 0 radical (unpaired) electrons. The number of carbonyl (C=O) groups is 1. The lowest BCUT2D eigenvalue weighted by Crippen LogP contribution is -2.22. The highest BCUT2D eigenvalue weighted by Crippen LogP contribution is 2.32. The van der Waals surface area contributed by atoms with Crippen molar-refractivity contribution in [2.75, 3.05) is 11.5 Å². The minimum Gasteiger partial charge on any atom is -0.486 e. The Kier molecular flexibility index (Phi) is 4.60. The van der Waals surface area contributed by atoms with Crippen LogP contribution in [0.3, 0.4) is 0 Å². The lowest BCUT2D eigenvalue weighted by molar-refractivity contribution is 0.0996. The number of ether oxygens (including phenoxy) is 1. The Hall–Kier alpha value is -2.69. The van der Waals surface area contributed by atoms with Gasteiger partial charge in [0.2, 0.25) is 0 Å². The summed E-state index contributed by atoms with van der Waals surface area (Å²) in [5.74, 6) is -0.824. The van der Waals surface area contributed by atoms with Crippen molar-refractivity contribution in [1.29, 1.82) is 0 Å². The van der Waals surface area contributed by atoms with Gasteiger partial charge >= 0.3 is 0 Å². The molecule has 0 aromatic heterocycles. The van der Waals surface area contributed by atoms with Gasteiger partial charge < -0.3 is 9.64 Å². The van der Waals surface area contributed by atoms with Gasteiger partial charge in [-0.3, -0.25) is 4.79 Å². The molecule has 3 rings (SSSR count). The summed E-state index contributed by atoms with van der Waals surface area (Å²) in [5, 5.41) is 0. The molecule has 1 heterocycles. The number of benzene rings is 2. The number of rotatable bonds is 5. The molecule has 0 saturated heterocycles. The molecule has 24 heavy (non-hydrogen) atoms. The Labute approximate surface area is 139 Å². The molecule has 0 spiro atoms. The van der Waals surface area contributed by atoms with Crippen LogP contribution >= 0.6 is 0 Å². The summed E-state index contributed by atoms with van der Waals surface area (Å²) in [5.41, 5.74) is 2.23. The van der Waals surface area contributed by atoms with Crippen molar-refractivity contribution in [3.8, 4) is 5.75 Å². The number of anilines is 1. The van der Waals surface area contributed by atoms with E-state index < -0.39 is 5.82 Å². The minimum atomic E-state index is -0.619. The number of halogens is 2. The van der Waals surface area contributed by atoms with E-state index in [0.29, 0.717) is 36.0 Å². The van der Waals surface area contributed by atoms with Crippen molar-refractivity contribution in [2.45, 2.75) is 19.9 Å². The molecule has 124 valence electrons. The van der Waals surface area contributed by atoms with Crippen LogP contribution < -0.4 is 9.64 Å². The third kappa shape index (κ3) is 3.02. The maximum absolute atomic E-state index is 14.2. The summed E-state index contributed by atoms with van der Waals surface area (Å²) in [4.78, 5) is 14.1. The third-order valence-electron chi connectivity index (χ3n) is 4.05. The number of hydrogen-bond donors (Lipinski definition) is 0. The van der Waals surface area contributed by atoms with Crippen molar-refractivity contribution in [1.82, 2.24) is 0 Å². The van der Waals surface area contributed by atoms with Gasteiger partial charge in [-0.1, -0.05) is 25.1 Å². The molecule has 2 aromatic rings. The molecule has 0 N–H and O–H groups in total. The van der Waals surface area contributed by atoms with E-state index in [-0.39, 0.29) is 18.3 Å². The van der Waals surface area contributed by atoms with E-state index in [9.17, 15) is 13.6 Å². The van der Waals surface area contributed by atoms with Crippen LogP contribution in [0.2, 0.25) is 0 Å². The first kappa shape index (κ1) is 16.2. The smallest absolute Gasteiger partial charge is 0.259 e. The van der Waals surface area contributed by atoms with Crippen LogP contribution in [0.25, 0.3) is 0 Å². The molecule has 0 atom stereocenters. The van der Waals surface area contributed by atoms with Crippen LogP contribution in [-0.4, -0.2) is 12.5 Å². The zero-order valence-electron chi connectivity index (χ0n) is 13.3. The van der Waals surface area contributed by atoms with Crippen LogP contribution in [0.15, 0.2) is 54.4 Å². The SMILES string of the molecule is CCC(=CF)COc1cc2c(cc1F)C(=O)N(c1ccccc1)C2. The molecule has 0 saturated carbocycles. The van der Waals surface area contributed by atoms with Gasteiger partial charge in [0.05, 0.1) is 12.9 Å². The van der Waals surface area contributed by atoms with Crippen LogP contribution in [0.4, 0.5) is 14.5 Å². The van der Waals surface area contributed by atoms with Gasteiger partial charge in [0, 0.05) is 11.3 Å². The normalized spacial score (nSPS) is 14.0. The van der Waals surface area contributed by atoms with E-state index in [1.165, 1.54) is 12.1 Å². The Morgan fingerprint density at radius 2 is 2.04 bits per heavy atom. The second kappa shape index (κ2) is 6.83. The molecular weight excluding hydrogens is 312 g/mol. The predicted molar refractivity (Wildman–Crippen MR) is 88.3 cm³/mol. The topological polar surface area (TPSA) is 29.5 Å². The van der Waals surface area contributed by atoms with Crippen LogP contribution in [0.1, 0.15) is 29.3 Å². The van der Waals surface area contributed by atoms with Crippen LogP contribution in [-0.2, 0) is 6.54 Å². The van der Waals surface area contributed by atoms with E-state index in [1.54, 1.807) is 11.8 Å². The maximum Gasteiger partial charge on any atom is 0.259 e. The molecule has 1 amide bonds. The minimum absolute atomic E-state index is 0.0148. The Balaban J connectivity index is 1.84. The molecule has 2 aromatic carbocycles. The first-order chi connectivity index (χ1) is 11.6. The van der Waals surface area contributed by atoms with Crippen molar-refractivity contribution in [2.24, 2.45) is 0 Å². The predicted octanol–water partition coefficient (Wildman–Crippen LogP) is 4.63. The van der Waals surface area contributed by atoms with E-state index in [2.05, 4.69) is 0 Å². The Morgan fingerprint density at radius 1 is 1.29 bits per heavy atom. The Morgan fingerprint density at radius 3 is 2.71 bits per heavy atom. The quantitative estimate of drug-likeness (QED) is 0.800. The first-order valence-electron chi connectivity index (χ1n) is 7.74. The third-order valence-corrected chi connectivity index (χ3v) is 4.05. The summed E-state index contributed by atoms with van der Waals surface area (Å²) in [7, 11) is 0. The average Bonchev–Trinajstić information content (AvgIpc) is 2.93. The monoisotopic (exact) mass is 329 g/mol. The maximum atomic E-state index is 14.2. The fourth-order valence-corrected chi connectivity index (χ4v) is 2.62. The van der Waals surface area contributed by atoms with Gasteiger partial charge in [0.25, 0.3) is 5.91 Å². The number of nitrogens with zero attached hydrogens (tertiary/aromatic N) is 1. The van der Waals surface area contributed by atoms with Crippen molar-refractivity contribution >= 4 is 11.6 Å². The summed E-state index contributed by atoms with van der Waals surface area (Å²) < 4.78 is 32.2. The number of fused-ring (bicyclic) bond motifs is 1. The van der Waals surface area contributed by atoms with Gasteiger partial charge in [-0.25, -0.2) is 8.78 Å². The lowest BCUT2D eigenvalue weighted by atomic mass is 10.1. The van der Waals surface area contributed by atoms with Crippen LogP contribution in [0.5, 0.6) is 5.75 Å². The first-order valence-corrected chi connectivity index (χ1v) is 7.74. The van der Waals surface area contributed by atoms with Gasteiger partial charge in [0.1, 0.15) is 6.61 Å². The number of hydrogen-bond acceptors (Lipinski definition) is 2. The fourth-order valence-electron chi connectivity index (χ4n) is 2.62. The Bertz CT molecular complexity index is 787. The fraction of sp³-hybridized carbons (Fsp3) is 0.211. The highest BCUT2D eigenvalue weighted by molar-refractivity contribution is 6.10. The van der Waals surface area contributed by atoms with E-state index in [0.717, 1.165) is 5.69 Å². The summed E-state index contributed by atoms with van der Waals surface area (Å²) in [6.07, 6.45) is 0.968. The van der Waals surface area contributed by atoms with E-state index in [1.807, 2.05) is 30.3 Å². The number of carbonyl (C=O) groups excluding carboxylic acids is 1. The highest BCUT2D eigenvalue weighted by Gasteiger charge is 2.30. The molecule has 0 aliphatic carbocycles. The van der Waals surface area contributed by atoms with Crippen molar-refractivity contribution in [3.05, 3.63) is 71.3 Å². The average molecular weight is 329 g/mol. The second-order valence-corrected chi connectivity index (χ2v) is 5.58. The van der Waals surface area contributed by atoms with E-state index in [4.69, 9.17) is 4.74 Å². The molecule has 5 heteroatoms. The summed E-state index contributed by atoms with van der Waals surface area (Å²) >= 11 is 0. The summed E-state index contributed by atoms with van der Waals surface area (Å²) in [6.45, 7) is 2.14. The van der Waals surface area contributed by atoms with Gasteiger partial charge in [-0.05, 0) is 41.8 Å². The molecule has 0 bridgehead atoms. The van der Waals surface area contributed by atoms with Crippen molar-refractivity contribution < 1.29 is 18.3 Å². The van der Waals surface area contributed by atoms with Gasteiger partial charge in [0.15, 0.2) is 11.6 Å². The molecule has 0 fully saturated rings. The number of amides is 1. The van der Waals surface area contributed by atoms with Gasteiger partial charge in [-0.15, -0.1) is 0 Å². The largest absolute Gasteiger partial charge is 0.486 e. The second-order valence-electron chi connectivity index (χ2n) is 5.58. The molecule has 3 nitrogen and oxygen atoms in total. The van der Waals surface area contributed by atoms with Crippen LogP contribution in [0, 0.1) is 5.82 Å². The zero-order valence-corrected chi connectivity index (χ0v) is 13.3. The number of para-hydroxylation sites is 1. The van der Waals surface area contributed by atoms with Gasteiger partial charge in [-0.2, -0.15) is 0 Å². The standard InChI is InChI=1S/C19H17F2NO2/c1-2-13(10-20)12-24-18-8-14-11-22(15-6-4-3-5-7-15)19(23)16(14)9-17(18)21/h3-10H,2,11-12H2,1H3. The lowest BCUT2D eigenvalue weighted by Gasteiger charge is -2.15. The molecule has 0 unspecified atom stereocenters. The molecule has 1 aliphatic heterocycles. The molecule has 1 aliphatic rings.